The zero-order chi connectivity index (χ0) is 22.1. The van der Waals surface area contributed by atoms with Crippen molar-refractivity contribution in [3.8, 4) is 5.75 Å². The van der Waals surface area contributed by atoms with E-state index in [4.69, 9.17) is 9.73 Å². The third-order valence-electron chi connectivity index (χ3n) is 4.55. The number of aromatic nitrogens is 2. The second-order valence-corrected chi connectivity index (χ2v) is 8.33. The molecule has 7 heteroatoms. The molecule has 0 saturated heterocycles. The predicted molar refractivity (Wildman–Crippen MR) is 142 cm³/mol. The zero-order valence-corrected chi connectivity index (χ0v) is 21.7. The van der Waals surface area contributed by atoms with Gasteiger partial charge in [-0.3, -0.25) is 0 Å². The largest absolute Gasteiger partial charge is 0.488 e. The van der Waals surface area contributed by atoms with Crippen LogP contribution in [0, 0.1) is 0 Å². The molecule has 0 aliphatic carbocycles. The second-order valence-electron chi connectivity index (χ2n) is 8.33. The fourth-order valence-electron chi connectivity index (χ4n) is 3.16. The molecule has 6 nitrogen and oxygen atoms in total. The first-order chi connectivity index (χ1) is 14.9. The summed E-state index contributed by atoms with van der Waals surface area (Å²) in [6, 6.07) is 18.5. The highest BCUT2D eigenvalue weighted by Crippen LogP contribution is 2.23. The summed E-state index contributed by atoms with van der Waals surface area (Å²) in [7, 11) is 0. The number of rotatable bonds is 8. The van der Waals surface area contributed by atoms with Gasteiger partial charge in [-0.1, -0.05) is 48.5 Å². The summed E-state index contributed by atoms with van der Waals surface area (Å²) in [5, 5.41) is 6.72. The quantitative estimate of drug-likeness (QED) is 0.237. The van der Waals surface area contributed by atoms with E-state index in [1.165, 1.54) is 5.56 Å². The molecule has 0 aliphatic heterocycles. The van der Waals surface area contributed by atoms with E-state index in [9.17, 15) is 0 Å². The summed E-state index contributed by atoms with van der Waals surface area (Å²) < 4.78 is 8.24. The molecule has 0 bridgehead atoms. The van der Waals surface area contributed by atoms with Crippen LogP contribution in [0.5, 0.6) is 5.75 Å². The van der Waals surface area contributed by atoms with E-state index in [0.29, 0.717) is 13.1 Å². The minimum atomic E-state index is -0.252. The lowest BCUT2D eigenvalue weighted by Crippen LogP contribution is -2.37. The maximum atomic E-state index is 6.09. The zero-order valence-electron chi connectivity index (χ0n) is 19.3. The van der Waals surface area contributed by atoms with Crippen LogP contribution in [0.15, 0.2) is 72.0 Å². The average molecular weight is 547 g/mol. The lowest BCUT2D eigenvalue weighted by molar-refractivity contribution is 0.129. The van der Waals surface area contributed by atoms with E-state index < -0.39 is 0 Å². The molecule has 1 heterocycles. The van der Waals surface area contributed by atoms with Crippen LogP contribution in [0.1, 0.15) is 44.6 Å². The van der Waals surface area contributed by atoms with E-state index >= 15 is 0 Å². The Hall–Kier alpha value is -2.55. The minimum absolute atomic E-state index is 0. The smallest absolute Gasteiger partial charge is 0.191 e. The molecule has 0 unspecified atom stereocenters. The van der Waals surface area contributed by atoms with E-state index in [1.54, 1.807) is 0 Å². The molecule has 3 rings (SSSR count). The van der Waals surface area contributed by atoms with Crippen LogP contribution in [-0.4, -0.2) is 27.7 Å². The maximum Gasteiger partial charge on any atom is 0.191 e. The molecule has 2 N–H and O–H groups in total. The molecule has 1 aromatic heterocycles. The molecular formula is C25H34IN5O. The van der Waals surface area contributed by atoms with Crippen molar-refractivity contribution in [2.75, 3.05) is 6.54 Å². The molecule has 32 heavy (non-hydrogen) atoms. The van der Waals surface area contributed by atoms with E-state index in [2.05, 4.69) is 78.2 Å². The van der Waals surface area contributed by atoms with Crippen molar-refractivity contribution in [2.24, 2.45) is 4.99 Å². The fourth-order valence-corrected chi connectivity index (χ4v) is 3.16. The molecule has 0 radical (unpaired) electrons. The van der Waals surface area contributed by atoms with Gasteiger partial charge < -0.3 is 19.9 Å². The number of nitrogens with zero attached hydrogens (tertiary/aromatic N) is 3. The van der Waals surface area contributed by atoms with Crippen molar-refractivity contribution in [3.05, 3.63) is 83.9 Å². The van der Waals surface area contributed by atoms with Gasteiger partial charge in [0.1, 0.15) is 17.2 Å². The van der Waals surface area contributed by atoms with Crippen LogP contribution in [0.3, 0.4) is 0 Å². The summed E-state index contributed by atoms with van der Waals surface area (Å²) in [6.07, 6.45) is 3.85. The van der Waals surface area contributed by atoms with Gasteiger partial charge in [0.2, 0.25) is 0 Å². The standard InChI is InChI=1S/C25H33N5O.HI/c1-5-26-24(28-17-21-13-9-10-14-22(21)31-25(2,3)4)29-18-23-27-15-16-30(23)19-20-11-7-6-8-12-20;/h6-16H,5,17-19H2,1-4H3,(H2,26,28,29);1H. The van der Waals surface area contributed by atoms with Crippen molar-refractivity contribution >= 4 is 29.9 Å². The molecule has 0 spiro atoms. The number of hydrogen-bond acceptors (Lipinski definition) is 3. The van der Waals surface area contributed by atoms with Gasteiger partial charge in [0, 0.05) is 31.0 Å². The molecule has 2 aromatic carbocycles. The van der Waals surface area contributed by atoms with Gasteiger partial charge in [0.15, 0.2) is 5.96 Å². The Morgan fingerprint density at radius 2 is 1.75 bits per heavy atom. The molecule has 0 saturated carbocycles. The Labute approximate surface area is 208 Å². The van der Waals surface area contributed by atoms with Crippen molar-refractivity contribution in [1.82, 2.24) is 20.2 Å². The van der Waals surface area contributed by atoms with Crippen LogP contribution in [-0.2, 0) is 19.6 Å². The topological polar surface area (TPSA) is 63.5 Å². The second kappa shape index (κ2) is 12.5. The number of halogens is 1. The number of aliphatic imine (C=N–C) groups is 1. The van der Waals surface area contributed by atoms with Gasteiger partial charge in [-0.2, -0.15) is 0 Å². The van der Waals surface area contributed by atoms with E-state index in [0.717, 1.165) is 36.2 Å². The lowest BCUT2D eigenvalue weighted by atomic mass is 10.1. The summed E-state index contributed by atoms with van der Waals surface area (Å²) in [6.45, 7) is 10.9. The molecular weight excluding hydrogens is 513 g/mol. The van der Waals surface area contributed by atoms with Crippen LogP contribution >= 0.6 is 24.0 Å². The number of ether oxygens (including phenoxy) is 1. The first-order valence-electron chi connectivity index (χ1n) is 10.8. The van der Waals surface area contributed by atoms with Gasteiger partial charge in [0.25, 0.3) is 0 Å². The fraction of sp³-hybridized carbons (Fsp3) is 0.360. The van der Waals surface area contributed by atoms with Crippen molar-refractivity contribution in [3.63, 3.8) is 0 Å². The van der Waals surface area contributed by atoms with E-state index in [-0.39, 0.29) is 29.6 Å². The van der Waals surface area contributed by atoms with Gasteiger partial charge >= 0.3 is 0 Å². The number of guanidine groups is 1. The third-order valence-corrected chi connectivity index (χ3v) is 4.55. The molecule has 0 amide bonds. The average Bonchev–Trinajstić information content (AvgIpc) is 3.17. The molecule has 3 aromatic rings. The summed E-state index contributed by atoms with van der Waals surface area (Å²) in [5.41, 5.74) is 2.05. The van der Waals surface area contributed by atoms with Gasteiger partial charge in [-0.15, -0.1) is 24.0 Å². The Kier molecular flexibility index (Phi) is 10.0. The van der Waals surface area contributed by atoms with Crippen LogP contribution in [0.25, 0.3) is 0 Å². The molecule has 0 atom stereocenters. The van der Waals surface area contributed by atoms with Crippen molar-refractivity contribution < 1.29 is 4.74 Å². The van der Waals surface area contributed by atoms with E-state index in [1.807, 2.05) is 36.7 Å². The van der Waals surface area contributed by atoms with Crippen molar-refractivity contribution in [1.29, 1.82) is 0 Å². The Morgan fingerprint density at radius 3 is 2.47 bits per heavy atom. The lowest BCUT2D eigenvalue weighted by Gasteiger charge is -2.23. The number of para-hydroxylation sites is 1. The number of imidazole rings is 1. The van der Waals surface area contributed by atoms with Crippen molar-refractivity contribution in [2.45, 2.75) is 52.9 Å². The Balaban J connectivity index is 0.00000363. The third kappa shape index (κ3) is 8.18. The van der Waals surface area contributed by atoms with Crippen LogP contribution in [0.2, 0.25) is 0 Å². The monoisotopic (exact) mass is 547 g/mol. The first kappa shape index (κ1) is 25.7. The SMILES string of the molecule is CCNC(=NCc1ccccc1OC(C)(C)C)NCc1nccn1Cc1ccccc1.I. The normalized spacial score (nSPS) is 11.6. The predicted octanol–water partition coefficient (Wildman–Crippen LogP) is 4.98. The highest BCUT2D eigenvalue weighted by molar-refractivity contribution is 14.0. The minimum Gasteiger partial charge on any atom is -0.488 e. The molecule has 0 aliphatic rings. The maximum absolute atomic E-state index is 6.09. The number of nitrogens with one attached hydrogen (secondary N) is 2. The highest BCUT2D eigenvalue weighted by atomic mass is 127. The summed E-state index contributed by atoms with van der Waals surface area (Å²) in [4.78, 5) is 9.28. The van der Waals surface area contributed by atoms with Crippen LogP contribution < -0.4 is 15.4 Å². The Bertz CT molecular complexity index is 979. The first-order valence-corrected chi connectivity index (χ1v) is 10.8. The number of hydrogen-bond donors (Lipinski definition) is 2. The summed E-state index contributed by atoms with van der Waals surface area (Å²) >= 11 is 0. The van der Waals surface area contributed by atoms with Gasteiger partial charge in [-0.05, 0) is 39.3 Å². The molecule has 172 valence electrons. The van der Waals surface area contributed by atoms with Crippen LogP contribution in [0.4, 0.5) is 0 Å². The Morgan fingerprint density at radius 1 is 1.03 bits per heavy atom. The van der Waals surface area contributed by atoms with Gasteiger partial charge in [0.05, 0.1) is 13.1 Å². The van der Waals surface area contributed by atoms with Gasteiger partial charge in [-0.25, -0.2) is 9.98 Å². The highest BCUT2D eigenvalue weighted by Gasteiger charge is 2.14. The molecule has 0 fully saturated rings. The number of benzene rings is 2. The summed E-state index contributed by atoms with van der Waals surface area (Å²) in [5.74, 6) is 2.58.